The number of nitrogens with one attached hydrogen (secondary N) is 1. The zero-order valence-electron chi connectivity index (χ0n) is 14.5. The summed E-state index contributed by atoms with van der Waals surface area (Å²) in [5, 5.41) is 8.21. The topological polar surface area (TPSA) is 66.1 Å². The number of fused-ring (bicyclic) bond motifs is 2. The summed E-state index contributed by atoms with van der Waals surface area (Å²) in [5.74, 6) is 2.58. The Balaban J connectivity index is 1.35. The van der Waals surface area contributed by atoms with Crippen molar-refractivity contribution in [1.82, 2.24) is 24.6 Å². The standard InChI is InChI=1S/C19H21N5O2/c1-5-20-12-15-11-16(22-24(15)7-1)19-21-6-9-23(19)8-4-14-2-3-17-18(10-14)26-13-25-17/h2-3,6,9-11,20H,1,4-5,7-8,12-13H2. The lowest BCUT2D eigenvalue weighted by Gasteiger charge is -2.07. The smallest absolute Gasteiger partial charge is 0.231 e. The van der Waals surface area contributed by atoms with E-state index in [1.807, 2.05) is 18.5 Å². The van der Waals surface area contributed by atoms with Crippen LogP contribution in [0.15, 0.2) is 36.7 Å². The van der Waals surface area contributed by atoms with E-state index < -0.39 is 0 Å². The highest BCUT2D eigenvalue weighted by Crippen LogP contribution is 2.32. The van der Waals surface area contributed by atoms with Crippen LogP contribution >= 0.6 is 0 Å². The number of hydrogen-bond donors (Lipinski definition) is 1. The number of rotatable bonds is 4. The number of imidazole rings is 1. The maximum absolute atomic E-state index is 5.47. The van der Waals surface area contributed by atoms with Crippen molar-refractivity contribution in [2.24, 2.45) is 0 Å². The molecule has 7 heteroatoms. The van der Waals surface area contributed by atoms with E-state index in [2.05, 4.69) is 37.7 Å². The van der Waals surface area contributed by atoms with Gasteiger partial charge in [0.15, 0.2) is 17.3 Å². The molecule has 7 nitrogen and oxygen atoms in total. The Kier molecular flexibility index (Phi) is 3.86. The van der Waals surface area contributed by atoms with Crippen molar-refractivity contribution < 1.29 is 9.47 Å². The fraction of sp³-hybridized carbons (Fsp3) is 0.368. The maximum Gasteiger partial charge on any atom is 0.231 e. The van der Waals surface area contributed by atoms with Crippen molar-refractivity contribution in [2.75, 3.05) is 13.3 Å². The molecule has 4 heterocycles. The average molecular weight is 351 g/mol. The third kappa shape index (κ3) is 2.84. The van der Waals surface area contributed by atoms with E-state index in [4.69, 9.17) is 14.6 Å². The summed E-state index contributed by atoms with van der Waals surface area (Å²) in [5.41, 5.74) is 3.39. The first kappa shape index (κ1) is 15.5. The molecule has 2 aromatic heterocycles. The third-order valence-corrected chi connectivity index (χ3v) is 4.92. The lowest BCUT2D eigenvalue weighted by atomic mass is 10.1. The maximum atomic E-state index is 5.47. The molecule has 0 bridgehead atoms. The van der Waals surface area contributed by atoms with Gasteiger partial charge in [-0.25, -0.2) is 4.98 Å². The molecule has 3 aromatic rings. The van der Waals surface area contributed by atoms with Crippen LogP contribution in [0, 0.1) is 0 Å². The normalized spacial score (nSPS) is 15.7. The van der Waals surface area contributed by atoms with Gasteiger partial charge in [-0.3, -0.25) is 4.68 Å². The molecule has 0 aliphatic carbocycles. The van der Waals surface area contributed by atoms with Gasteiger partial charge in [-0.2, -0.15) is 5.10 Å². The molecule has 0 spiro atoms. The van der Waals surface area contributed by atoms with Crippen molar-refractivity contribution in [3.05, 3.63) is 47.9 Å². The van der Waals surface area contributed by atoms with Gasteiger partial charge in [0, 0.05) is 32.0 Å². The number of aromatic nitrogens is 4. The molecule has 0 atom stereocenters. The summed E-state index contributed by atoms with van der Waals surface area (Å²) >= 11 is 0. The predicted molar refractivity (Wildman–Crippen MR) is 96.0 cm³/mol. The highest BCUT2D eigenvalue weighted by Gasteiger charge is 2.16. The van der Waals surface area contributed by atoms with Gasteiger partial charge in [0.1, 0.15) is 5.69 Å². The minimum absolute atomic E-state index is 0.310. The molecule has 2 aliphatic rings. The Morgan fingerprint density at radius 3 is 3.12 bits per heavy atom. The van der Waals surface area contributed by atoms with Crippen molar-refractivity contribution in [3.8, 4) is 23.0 Å². The van der Waals surface area contributed by atoms with Gasteiger partial charge in [-0.15, -0.1) is 0 Å². The molecule has 134 valence electrons. The summed E-state index contributed by atoms with van der Waals surface area (Å²) in [6.07, 6.45) is 5.87. The van der Waals surface area contributed by atoms with E-state index >= 15 is 0 Å². The molecule has 26 heavy (non-hydrogen) atoms. The minimum Gasteiger partial charge on any atom is -0.454 e. The van der Waals surface area contributed by atoms with E-state index in [1.165, 1.54) is 11.3 Å². The van der Waals surface area contributed by atoms with Crippen LogP contribution < -0.4 is 14.8 Å². The summed E-state index contributed by atoms with van der Waals surface area (Å²) in [7, 11) is 0. The first-order valence-corrected chi connectivity index (χ1v) is 9.04. The Morgan fingerprint density at radius 1 is 1.15 bits per heavy atom. The molecule has 1 N–H and O–H groups in total. The summed E-state index contributed by atoms with van der Waals surface area (Å²) < 4.78 is 15.1. The van der Waals surface area contributed by atoms with E-state index in [0.29, 0.717) is 6.79 Å². The molecule has 0 fully saturated rings. The largest absolute Gasteiger partial charge is 0.454 e. The Labute approximate surface area is 151 Å². The fourth-order valence-corrected chi connectivity index (χ4v) is 3.54. The SMILES string of the molecule is c1cn(CCc2ccc3c(c2)OCO3)c(-c2cc3n(n2)CCCNC3)n1. The zero-order chi connectivity index (χ0) is 17.3. The van der Waals surface area contributed by atoms with Gasteiger partial charge in [0.2, 0.25) is 6.79 Å². The molecule has 0 saturated heterocycles. The van der Waals surface area contributed by atoms with Crippen LogP contribution in [-0.2, 0) is 26.1 Å². The lowest BCUT2D eigenvalue weighted by Crippen LogP contribution is -2.11. The average Bonchev–Trinajstić information content (AvgIpc) is 3.36. The number of benzene rings is 1. The van der Waals surface area contributed by atoms with E-state index in [1.54, 1.807) is 0 Å². The van der Waals surface area contributed by atoms with Gasteiger partial charge in [0.05, 0.1) is 5.69 Å². The van der Waals surface area contributed by atoms with Crippen LogP contribution in [0.25, 0.3) is 11.5 Å². The number of nitrogens with zero attached hydrogens (tertiary/aromatic N) is 4. The summed E-state index contributed by atoms with van der Waals surface area (Å²) in [4.78, 5) is 4.55. The fourth-order valence-electron chi connectivity index (χ4n) is 3.54. The zero-order valence-corrected chi connectivity index (χ0v) is 14.5. The van der Waals surface area contributed by atoms with Gasteiger partial charge < -0.3 is 19.4 Å². The third-order valence-electron chi connectivity index (χ3n) is 4.92. The van der Waals surface area contributed by atoms with Gasteiger partial charge >= 0.3 is 0 Å². The first-order chi connectivity index (χ1) is 12.9. The Hall–Kier alpha value is -2.80. The highest BCUT2D eigenvalue weighted by atomic mass is 16.7. The van der Waals surface area contributed by atoms with Gasteiger partial charge in [0.25, 0.3) is 0 Å². The van der Waals surface area contributed by atoms with Gasteiger partial charge in [-0.1, -0.05) is 6.07 Å². The van der Waals surface area contributed by atoms with Crippen LogP contribution in [0.5, 0.6) is 11.5 Å². The number of hydrogen-bond acceptors (Lipinski definition) is 5. The number of aryl methyl sites for hydroxylation is 3. The van der Waals surface area contributed by atoms with Crippen LogP contribution in [0.2, 0.25) is 0 Å². The molecule has 2 aliphatic heterocycles. The molecule has 0 unspecified atom stereocenters. The first-order valence-electron chi connectivity index (χ1n) is 9.04. The second-order valence-corrected chi connectivity index (χ2v) is 6.66. The summed E-state index contributed by atoms with van der Waals surface area (Å²) in [6, 6.07) is 8.28. The molecular weight excluding hydrogens is 330 g/mol. The Morgan fingerprint density at radius 2 is 2.12 bits per heavy atom. The molecule has 0 saturated carbocycles. The molecule has 0 radical (unpaired) electrons. The van der Waals surface area contributed by atoms with E-state index in [0.717, 1.165) is 62.0 Å². The van der Waals surface area contributed by atoms with Crippen LogP contribution in [0.3, 0.4) is 0 Å². The predicted octanol–water partition coefficient (Wildman–Crippen LogP) is 2.21. The van der Waals surface area contributed by atoms with Crippen molar-refractivity contribution in [3.63, 3.8) is 0 Å². The second-order valence-electron chi connectivity index (χ2n) is 6.66. The highest BCUT2D eigenvalue weighted by molar-refractivity contribution is 5.50. The second kappa shape index (κ2) is 6.49. The van der Waals surface area contributed by atoms with Crippen LogP contribution in [0.1, 0.15) is 17.7 Å². The minimum atomic E-state index is 0.310. The molecule has 5 rings (SSSR count). The monoisotopic (exact) mass is 351 g/mol. The van der Waals surface area contributed by atoms with E-state index in [-0.39, 0.29) is 0 Å². The molecule has 1 aromatic carbocycles. The summed E-state index contributed by atoms with van der Waals surface area (Å²) in [6.45, 7) is 4.02. The lowest BCUT2D eigenvalue weighted by molar-refractivity contribution is 0.174. The molecule has 0 amide bonds. The van der Waals surface area contributed by atoms with Crippen LogP contribution in [-0.4, -0.2) is 32.7 Å². The van der Waals surface area contributed by atoms with Crippen molar-refractivity contribution in [2.45, 2.75) is 32.5 Å². The quantitative estimate of drug-likeness (QED) is 0.781. The van der Waals surface area contributed by atoms with Crippen molar-refractivity contribution >= 4 is 0 Å². The molecular formula is C19H21N5O2. The van der Waals surface area contributed by atoms with Crippen LogP contribution in [0.4, 0.5) is 0 Å². The van der Waals surface area contributed by atoms with Gasteiger partial charge in [-0.05, 0) is 43.1 Å². The van der Waals surface area contributed by atoms with E-state index in [9.17, 15) is 0 Å². The van der Waals surface area contributed by atoms with Crippen molar-refractivity contribution in [1.29, 1.82) is 0 Å². The Bertz CT molecular complexity index is 906. The number of ether oxygens (including phenoxy) is 2.